The van der Waals surface area contributed by atoms with Crippen molar-refractivity contribution in [2.75, 3.05) is 33.3 Å². The second kappa shape index (κ2) is 6.04. The van der Waals surface area contributed by atoms with Crippen molar-refractivity contribution in [3.05, 3.63) is 35.4 Å². The first-order chi connectivity index (χ1) is 9.33. The number of nitrogens with one attached hydrogen (secondary N) is 1. The van der Waals surface area contributed by atoms with Crippen LogP contribution in [0.1, 0.15) is 30.1 Å². The van der Waals surface area contributed by atoms with Gasteiger partial charge >= 0.3 is 0 Å². The zero-order valence-electron chi connectivity index (χ0n) is 11.8. The lowest BCUT2D eigenvalue weighted by Gasteiger charge is -2.30. The number of hydrogen-bond acceptors (Lipinski definition) is 3. The lowest BCUT2D eigenvalue weighted by Crippen LogP contribution is -2.38. The quantitative estimate of drug-likeness (QED) is 0.896. The maximum atomic E-state index is 5.98. The van der Waals surface area contributed by atoms with Gasteiger partial charge in [0.1, 0.15) is 0 Å². The minimum atomic E-state index is 0.247. The summed E-state index contributed by atoms with van der Waals surface area (Å²) in [5.41, 5.74) is 2.85. The number of fused-ring (bicyclic) bond motifs is 1. The molecule has 0 spiro atoms. The molecule has 0 aliphatic carbocycles. The Balaban J connectivity index is 1.60. The molecule has 0 saturated carbocycles. The minimum Gasteiger partial charge on any atom is -0.372 e. The number of nitrogens with zero attached hydrogens (tertiary/aromatic N) is 1. The van der Waals surface area contributed by atoms with E-state index in [1.807, 2.05) is 0 Å². The van der Waals surface area contributed by atoms with Gasteiger partial charge in [-0.05, 0) is 44.0 Å². The maximum Gasteiger partial charge on any atom is 0.0954 e. The molecule has 3 rings (SSSR count). The van der Waals surface area contributed by atoms with E-state index < -0.39 is 0 Å². The topological polar surface area (TPSA) is 24.5 Å². The van der Waals surface area contributed by atoms with E-state index in [4.69, 9.17) is 4.74 Å². The van der Waals surface area contributed by atoms with Crippen LogP contribution in [0.25, 0.3) is 0 Å². The Hall–Kier alpha value is -0.900. The number of benzene rings is 1. The molecule has 3 nitrogen and oxygen atoms in total. The highest BCUT2D eigenvalue weighted by Crippen LogP contribution is 2.27. The van der Waals surface area contributed by atoms with Gasteiger partial charge in [0.05, 0.1) is 12.7 Å². The molecule has 3 heteroatoms. The molecule has 1 fully saturated rings. The molecule has 0 radical (unpaired) electrons. The van der Waals surface area contributed by atoms with Crippen LogP contribution in [0.15, 0.2) is 24.3 Å². The number of likely N-dealkylation sites (N-methyl/N-ethyl adjacent to an activating group) is 1. The zero-order chi connectivity index (χ0) is 13.1. The van der Waals surface area contributed by atoms with Crippen molar-refractivity contribution in [1.82, 2.24) is 10.2 Å². The monoisotopic (exact) mass is 260 g/mol. The summed E-state index contributed by atoms with van der Waals surface area (Å²) in [4.78, 5) is 2.41. The van der Waals surface area contributed by atoms with E-state index >= 15 is 0 Å². The highest BCUT2D eigenvalue weighted by atomic mass is 16.5. The summed E-state index contributed by atoms with van der Waals surface area (Å²) < 4.78 is 5.98. The van der Waals surface area contributed by atoms with E-state index in [2.05, 4.69) is 41.5 Å². The molecule has 1 aromatic rings. The molecule has 19 heavy (non-hydrogen) atoms. The Labute approximate surface area is 115 Å². The highest BCUT2D eigenvalue weighted by Gasteiger charge is 2.23. The fraction of sp³-hybridized carbons (Fsp3) is 0.625. The van der Waals surface area contributed by atoms with Crippen molar-refractivity contribution in [3.8, 4) is 0 Å². The lowest BCUT2D eigenvalue weighted by atomic mass is 9.97. The van der Waals surface area contributed by atoms with Crippen LogP contribution in [0.4, 0.5) is 0 Å². The van der Waals surface area contributed by atoms with Crippen LogP contribution in [0.5, 0.6) is 0 Å². The Kier molecular flexibility index (Phi) is 4.16. The standard InChI is InChI=1S/C16H24N2O/c1-18(11-14-6-4-9-17-14)12-16-15-7-3-2-5-13(15)8-10-19-16/h2-3,5,7,14,16-17H,4,6,8-12H2,1H3. The zero-order valence-corrected chi connectivity index (χ0v) is 11.8. The molecule has 2 aliphatic rings. The fourth-order valence-electron chi connectivity index (χ4n) is 3.27. The summed E-state index contributed by atoms with van der Waals surface area (Å²) >= 11 is 0. The van der Waals surface area contributed by atoms with Gasteiger partial charge in [-0.2, -0.15) is 0 Å². The molecule has 2 atom stereocenters. The van der Waals surface area contributed by atoms with Gasteiger partial charge in [0.25, 0.3) is 0 Å². The molecular weight excluding hydrogens is 236 g/mol. The summed E-state index contributed by atoms with van der Waals surface area (Å²) in [6.07, 6.45) is 3.94. The number of ether oxygens (including phenoxy) is 1. The highest BCUT2D eigenvalue weighted by molar-refractivity contribution is 5.31. The Morgan fingerprint density at radius 2 is 2.21 bits per heavy atom. The van der Waals surface area contributed by atoms with E-state index in [-0.39, 0.29) is 6.10 Å². The first-order valence-corrected chi connectivity index (χ1v) is 7.44. The van der Waals surface area contributed by atoms with Gasteiger partial charge in [-0.1, -0.05) is 24.3 Å². The van der Waals surface area contributed by atoms with Crippen LogP contribution >= 0.6 is 0 Å². The summed E-state index contributed by atoms with van der Waals surface area (Å²) in [6, 6.07) is 9.39. The molecular formula is C16H24N2O. The molecule has 2 unspecified atom stereocenters. The SMILES string of the molecule is CN(CC1CCCN1)CC1OCCc2ccccc21. The van der Waals surface area contributed by atoms with E-state index in [1.54, 1.807) is 0 Å². The molecule has 1 aromatic carbocycles. The Bertz CT molecular complexity index is 415. The van der Waals surface area contributed by atoms with Gasteiger partial charge in [0, 0.05) is 19.1 Å². The second-order valence-corrected chi connectivity index (χ2v) is 5.82. The Morgan fingerprint density at radius 3 is 3.05 bits per heavy atom. The molecule has 1 saturated heterocycles. The molecule has 2 aliphatic heterocycles. The third-order valence-corrected chi connectivity index (χ3v) is 4.26. The molecule has 0 bridgehead atoms. The van der Waals surface area contributed by atoms with Gasteiger partial charge in [-0.3, -0.25) is 0 Å². The van der Waals surface area contributed by atoms with Gasteiger partial charge in [0.15, 0.2) is 0 Å². The third kappa shape index (κ3) is 3.16. The summed E-state index contributed by atoms with van der Waals surface area (Å²) in [5, 5.41) is 3.56. The van der Waals surface area contributed by atoms with Gasteiger partial charge in [-0.15, -0.1) is 0 Å². The molecule has 104 valence electrons. The van der Waals surface area contributed by atoms with Crippen LogP contribution in [0.3, 0.4) is 0 Å². The second-order valence-electron chi connectivity index (χ2n) is 5.82. The van der Waals surface area contributed by atoms with Crippen molar-refractivity contribution in [3.63, 3.8) is 0 Å². The largest absolute Gasteiger partial charge is 0.372 e. The van der Waals surface area contributed by atoms with Crippen LogP contribution in [-0.2, 0) is 11.2 Å². The van der Waals surface area contributed by atoms with Crippen molar-refractivity contribution in [2.24, 2.45) is 0 Å². The molecule has 0 amide bonds. The average Bonchev–Trinajstić information content (AvgIpc) is 2.92. The number of hydrogen-bond donors (Lipinski definition) is 1. The van der Waals surface area contributed by atoms with Gasteiger partial charge < -0.3 is 15.0 Å². The van der Waals surface area contributed by atoms with E-state index in [9.17, 15) is 0 Å². The summed E-state index contributed by atoms with van der Waals surface area (Å²) in [5.74, 6) is 0. The van der Waals surface area contributed by atoms with E-state index in [0.717, 1.165) is 26.1 Å². The first kappa shape index (κ1) is 13.1. The van der Waals surface area contributed by atoms with Crippen LogP contribution in [-0.4, -0.2) is 44.2 Å². The van der Waals surface area contributed by atoms with E-state index in [0.29, 0.717) is 6.04 Å². The third-order valence-electron chi connectivity index (χ3n) is 4.26. The van der Waals surface area contributed by atoms with Crippen molar-refractivity contribution < 1.29 is 4.74 Å². The maximum absolute atomic E-state index is 5.98. The molecule has 2 heterocycles. The van der Waals surface area contributed by atoms with Gasteiger partial charge in [0.2, 0.25) is 0 Å². The van der Waals surface area contributed by atoms with Crippen molar-refractivity contribution in [1.29, 1.82) is 0 Å². The van der Waals surface area contributed by atoms with Crippen LogP contribution in [0, 0.1) is 0 Å². The minimum absolute atomic E-state index is 0.247. The Morgan fingerprint density at radius 1 is 1.32 bits per heavy atom. The normalized spacial score (nSPS) is 26.6. The van der Waals surface area contributed by atoms with E-state index in [1.165, 1.54) is 30.5 Å². The van der Waals surface area contributed by atoms with Crippen LogP contribution < -0.4 is 5.32 Å². The number of rotatable bonds is 4. The fourth-order valence-corrected chi connectivity index (χ4v) is 3.27. The summed E-state index contributed by atoms with van der Waals surface area (Å²) in [6.45, 7) is 4.16. The predicted molar refractivity (Wildman–Crippen MR) is 77.4 cm³/mol. The average molecular weight is 260 g/mol. The molecule has 0 aromatic heterocycles. The lowest BCUT2D eigenvalue weighted by molar-refractivity contribution is 0.0199. The van der Waals surface area contributed by atoms with Crippen LogP contribution in [0.2, 0.25) is 0 Å². The predicted octanol–water partition coefficient (Wildman–Crippen LogP) is 1.98. The van der Waals surface area contributed by atoms with Crippen molar-refractivity contribution >= 4 is 0 Å². The van der Waals surface area contributed by atoms with Crippen molar-refractivity contribution in [2.45, 2.75) is 31.4 Å². The summed E-state index contributed by atoms with van der Waals surface area (Å²) in [7, 11) is 2.21. The smallest absolute Gasteiger partial charge is 0.0954 e. The van der Waals surface area contributed by atoms with Gasteiger partial charge in [-0.25, -0.2) is 0 Å². The molecule has 1 N–H and O–H groups in total. The first-order valence-electron chi connectivity index (χ1n) is 7.44.